The van der Waals surface area contributed by atoms with Gasteiger partial charge in [0.15, 0.2) is 0 Å². The SMILES string of the molecule is O=C1N=C2C=CC(N3C[C@H]4CC[C@@H](C3)N4)C=C2N1. The number of rotatable bonds is 1. The van der Waals surface area contributed by atoms with Crippen molar-refractivity contribution in [1.29, 1.82) is 0 Å². The Balaban J connectivity index is 1.55. The summed E-state index contributed by atoms with van der Waals surface area (Å²) in [4.78, 5) is 17.6. The van der Waals surface area contributed by atoms with Crippen LogP contribution in [0, 0.1) is 0 Å². The fraction of sp³-hybridized carbons (Fsp3) is 0.538. The number of likely N-dealkylation sites (tertiary alicyclic amines) is 1. The molecule has 4 rings (SSSR count). The van der Waals surface area contributed by atoms with Gasteiger partial charge in [0.2, 0.25) is 0 Å². The van der Waals surface area contributed by atoms with E-state index in [0.717, 1.165) is 24.5 Å². The number of urea groups is 1. The van der Waals surface area contributed by atoms with Gasteiger partial charge in [-0.15, -0.1) is 0 Å². The molecule has 4 aliphatic rings. The van der Waals surface area contributed by atoms with Crippen molar-refractivity contribution in [2.45, 2.75) is 31.0 Å². The second-order valence-corrected chi connectivity index (χ2v) is 5.45. The van der Waals surface area contributed by atoms with Crippen LogP contribution in [0.25, 0.3) is 0 Å². The first-order valence-corrected chi connectivity index (χ1v) is 6.58. The van der Waals surface area contributed by atoms with Gasteiger partial charge in [0.05, 0.1) is 11.4 Å². The highest BCUT2D eigenvalue weighted by Crippen LogP contribution is 2.24. The lowest BCUT2D eigenvalue weighted by atomic mass is 10.0. The minimum atomic E-state index is -0.248. The van der Waals surface area contributed by atoms with Gasteiger partial charge in [-0.05, 0) is 25.0 Å². The highest BCUT2D eigenvalue weighted by molar-refractivity contribution is 6.19. The number of fused-ring (bicyclic) bond motifs is 3. The molecule has 0 aromatic heterocycles. The molecule has 3 aliphatic heterocycles. The Bertz CT molecular complexity index is 481. The zero-order valence-corrected chi connectivity index (χ0v) is 10.1. The number of piperazine rings is 1. The van der Waals surface area contributed by atoms with E-state index in [-0.39, 0.29) is 6.03 Å². The van der Waals surface area contributed by atoms with E-state index in [1.54, 1.807) is 0 Å². The second-order valence-electron chi connectivity index (χ2n) is 5.45. The molecule has 0 saturated carbocycles. The van der Waals surface area contributed by atoms with E-state index in [2.05, 4.69) is 32.7 Å². The molecule has 18 heavy (non-hydrogen) atoms. The Morgan fingerprint density at radius 2 is 2.06 bits per heavy atom. The van der Waals surface area contributed by atoms with Crippen LogP contribution in [0.4, 0.5) is 4.79 Å². The third kappa shape index (κ3) is 1.62. The molecule has 2 fully saturated rings. The van der Waals surface area contributed by atoms with Gasteiger partial charge in [-0.1, -0.05) is 6.08 Å². The van der Waals surface area contributed by atoms with Gasteiger partial charge in [0.25, 0.3) is 0 Å². The average molecular weight is 244 g/mol. The summed E-state index contributed by atoms with van der Waals surface area (Å²) in [7, 11) is 0. The van der Waals surface area contributed by atoms with Crippen LogP contribution in [0.15, 0.2) is 28.9 Å². The summed E-state index contributed by atoms with van der Waals surface area (Å²) in [6.07, 6.45) is 8.80. The highest BCUT2D eigenvalue weighted by Gasteiger charge is 2.35. The molecular formula is C13H16N4O. The van der Waals surface area contributed by atoms with Crippen molar-refractivity contribution in [2.75, 3.05) is 13.1 Å². The van der Waals surface area contributed by atoms with Gasteiger partial charge >= 0.3 is 6.03 Å². The van der Waals surface area contributed by atoms with Gasteiger partial charge in [0, 0.05) is 31.2 Å². The van der Waals surface area contributed by atoms with Gasteiger partial charge in [-0.25, -0.2) is 4.79 Å². The van der Waals surface area contributed by atoms with Gasteiger partial charge < -0.3 is 10.6 Å². The van der Waals surface area contributed by atoms with Crippen LogP contribution in [0.5, 0.6) is 0 Å². The predicted octanol–water partition coefficient (Wildman–Crippen LogP) is 0.409. The lowest BCUT2D eigenvalue weighted by Gasteiger charge is -2.37. The Morgan fingerprint density at radius 3 is 2.83 bits per heavy atom. The summed E-state index contributed by atoms with van der Waals surface area (Å²) in [5.41, 5.74) is 1.65. The largest absolute Gasteiger partial charge is 0.346 e. The molecule has 1 unspecified atom stereocenters. The molecule has 5 heteroatoms. The van der Waals surface area contributed by atoms with E-state index < -0.39 is 0 Å². The normalized spacial score (nSPS) is 38.2. The van der Waals surface area contributed by atoms with Crippen molar-refractivity contribution in [3.8, 4) is 0 Å². The Labute approximate surface area is 106 Å². The summed E-state index contributed by atoms with van der Waals surface area (Å²) in [5, 5.41) is 6.42. The number of hydrogen-bond donors (Lipinski definition) is 2. The number of aliphatic imine (C=N–C) groups is 1. The van der Waals surface area contributed by atoms with Crippen LogP contribution in [-0.2, 0) is 0 Å². The smallest absolute Gasteiger partial charge is 0.309 e. The van der Waals surface area contributed by atoms with Crippen LogP contribution in [0.1, 0.15) is 12.8 Å². The number of nitrogens with zero attached hydrogens (tertiary/aromatic N) is 2. The number of carbonyl (C=O) groups is 1. The van der Waals surface area contributed by atoms with Crippen LogP contribution in [0.3, 0.4) is 0 Å². The first-order chi connectivity index (χ1) is 8.78. The molecule has 2 amide bonds. The Kier molecular flexibility index (Phi) is 2.19. The molecule has 5 nitrogen and oxygen atoms in total. The topological polar surface area (TPSA) is 56.7 Å². The summed E-state index contributed by atoms with van der Waals surface area (Å²) < 4.78 is 0. The van der Waals surface area contributed by atoms with Crippen molar-refractivity contribution in [2.24, 2.45) is 4.99 Å². The number of nitrogens with one attached hydrogen (secondary N) is 2. The molecule has 0 aromatic rings. The summed E-state index contributed by atoms with van der Waals surface area (Å²) in [5.74, 6) is 0. The van der Waals surface area contributed by atoms with Crippen LogP contribution < -0.4 is 10.6 Å². The van der Waals surface area contributed by atoms with Crippen LogP contribution in [-0.4, -0.2) is 47.9 Å². The fourth-order valence-electron chi connectivity index (χ4n) is 3.35. The third-order valence-corrected chi connectivity index (χ3v) is 4.19. The van der Waals surface area contributed by atoms with Crippen molar-refractivity contribution in [1.82, 2.24) is 15.5 Å². The van der Waals surface area contributed by atoms with Crippen molar-refractivity contribution < 1.29 is 4.79 Å². The fourth-order valence-corrected chi connectivity index (χ4v) is 3.35. The molecule has 1 aliphatic carbocycles. The maximum atomic E-state index is 11.2. The zero-order valence-electron chi connectivity index (χ0n) is 10.1. The van der Waals surface area contributed by atoms with Crippen molar-refractivity contribution in [3.63, 3.8) is 0 Å². The highest BCUT2D eigenvalue weighted by atomic mass is 16.2. The number of amides is 2. The number of hydrogen-bond acceptors (Lipinski definition) is 3. The van der Waals surface area contributed by atoms with E-state index >= 15 is 0 Å². The first-order valence-electron chi connectivity index (χ1n) is 6.58. The minimum absolute atomic E-state index is 0.248. The molecular weight excluding hydrogens is 228 g/mol. The van der Waals surface area contributed by atoms with Gasteiger partial charge in [0.1, 0.15) is 0 Å². The van der Waals surface area contributed by atoms with Crippen molar-refractivity contribution in [3.05, 3.63) is 23.9 Å². The number of allylic oxidation sites excluding steroid dienone is 1. The van der Waals surface area contributed by atoms with E-state index in [0.29, 0.717) is 18.1 Å². The lowest BCUT2D eigenvalue weighted by Crippen LogP contribution is -2.54. The van der Waals surface area contributed by atoms with Gasteiger partial charge in [-0.3, -0.25) is 4.90 Å². The average Bonchev–Trinajstić information content (AvgIpc) is 2.89. The minimum Gasteiger partial charge on any atom is -0.309 e. The lowest BCUT2D eigenvalue weighted by molar-refractivity contribution is 0.184. The van der Waals surface area contributed by atoms with Crippen molar-refractivity contribution >= 4 is 11.7 Å². The summed E-state index contributed by atoms with van der Waals surface area (Å²) in [6, 6.07) is 1.33. The first kappa shape index (κ1) is 10.5. The Hall–Kier alpha value is -1.46. The van der Waals surface area contributed by atoms with Crippen LogP contribution in [0.2, 0.25) is 0 Å². The van der Waals surface area contributed by atoms with Crippen LogP contribution >= 0.6 is 0 Å². The maximum Gasteiger partial charge on any atom is 0.346 e. The molecule has 0 radical (unpaired) electrons. The van der Waals surface area contributed by atoms with E-state index in [1.807, 2.05) is 6.08 Å². The molecule has 94 valence electrons. The third-order valence-electron chi connectivity index (χ3n) is 4.19. The number of carbonyl (C=O) groups excluding carboxylic acids is 1. The molecule has 2 N–H and O–H groups in total. The molecule has 0 aromatic carbocycles. The molecule has 2 saturated heterocycles. The van der Waals surface area contributed by atoms with Gasteiger partial charge in [-0.2, -0.15) is 4.99 Å². The molecule has 3 heterocycles. The molecule has 2 bridgehead atoms. The zero-order chi connectivity index (χ0) is 12.1. The maximum absolute atomic E-state index is 11.2. The van der Waals surface area contributed by atoms with E-state index in [4.69, 9.17) is 0 Å². The summed E-state index contributed by atoms with van der Waals surface area (Å²) in [6.45, 7) is 2.19. The standard InChI is InChI=1S/C13H16N4O/c18-13-15-11-4-3-10(5-12(11)16-13)17-6-8-1-2-9(7-17)14-8/h3-5,8-10,14H,1-2,6-7H2,(H,16,18)/t8-,9+,10?. The predicted molar refractivity (Wildman–Crippen MR) is 68.5 cm³/mol. The monoisotopic (exact) mass is 244 g/mol. The summed E-state index contributed by atoms with van der Waals surface area (Å²) >= 11 is 0. The second kappa shape index (κ2) is 3.76. The molecule has 3 atom stereocenters. The van der Waals surface area contributed by atoms with E-state index in [9.17, 15) is 4.79 Å². The Morgan fingerprint density at radius 1 is 1.28 bits per heavy atom. The quantitative estimate of drug-likeness (QED) is 0.702. The molecule has 0 spiro atoms. The van der Waals surface area contributed by atoms with E-state index in [1.165, 1.54) is 12.8 Å².